The number of hydrogen-bond donors (Lipinski definition) is 1. The second-order valence-corrected chi connectivity index (χ2v) is 6.14. The van der Waals surface area contributed by atoms with Gasteiger partial charge in [-0.3, -0.25) is 0 Å². The van der Waals surface area contributed by atoms with E-state index in [9.17, 15) is 0 Å². The number of benzene rings is 1. The number of nitrogens with one attached hydrogen (secondary N) is 1. The summed E-state index contributed by atoms with van der Waals surface area (Å²) in [7, 11) is 0. The molecule has 1 fully saturated rings. The van der Waals surface area contributed by atoms with Crippen LogP contribution in [-0.2, 0) is 17.6 Å². The number of likely N-dealkylation sites (N-methyl/N-ethyl adjacent to an activating group) is 1. The third kappa shape index (κ3) is 2.44. The summed E-state index contributed by atoms with van der Waals surface area (Å²) in [5.74, 6) is 0. The van der Waals surface area contributed by atoms with Gasteiger partial charge in [0.25, 0.3) is 0 Å². The van der Waals surface area contributed by atoms with Crippen molar-refractivity contribution in [3.8, 4) is 0 Å². The number of aryl methyl sites for hydroxylation is 2. The first kappa shape index (κ1) is 13.1. The van der Waals surface area contributed by atoms with E-state index in [1.165, 1.54) is 31.2 Å². The molecule has 19 heavy (non-hydrogen) atoms. The molecule has 0 saturated carbocycles. The predicted octanol–water partition coefficient (Wildman–Crippen LogP) is 3.40. The van der Waals surface area contributed by atoms with Gasteiger partial charge in [-0.2, -0.15) is 0 Å². The molecule has 0 radical (unpaired) electrons. The molecule has 104 valence electrons. The van der Waals surface area contributed by atoms with Gasteiger partial charge in [-0.15, -0.1) is 0 Å². The highest BCUT2D eigenvalue weighted by Gasteiger charge is 2.39. The van der Waals surface area contributed by atoms with Crippen molar-refractivity contribution in [2.75, 3.05) is 13.2 Å². The molecule has 1 aliphatic heterocycles. The Kier molecular flexibility index (Phi) is 3.64. The van der Waals surface area contributed by atoms with E-state index < -0.39 is 0 Å². The Hall–Kier alpha value is -0.860. The lowest BCUT2D eigenvalue weighted by Gasteiger charge is -2.34. The number of rotatable bonds is 4. The van der Waals surface area contributed by atoms with Crippen LogP contribution >= 0.6 is 0 Å². The summed E-state index contributed by atoms with van der Waals surface area (Å²) in [6.45, 7) is 6.34. The molecular formula is C17H25NO. The summed E-state index contributed by atoms with van der Waals surface area (Å²) in [5, 5.41) is 3.65. The molecule has 0 aromatic heterocycles. The van der Waals surface area contributed by atoms with Crippen LogP contribution < -0.4 is 5.32 Å². The highest BCUT2D eigenvalue weighted by molar-refractivity contribution is 5.37. The lowest BCUT2D eigenvalue weighted by molar-refractivity contribution is -0.0121. The topological polar surface area (TPSA) is 21.3 Å². The molecule has 1 aromatic rings. The van der Waals surface area contributed by atoms with E-state index in [1.54, 1.807) is 11.1 Å². The van der Waals surface area contributed by atoms with E-state index in [1.807, 2.05) is 0 Å². The monoisotopic (exact) mass is 259 g/mol. The molecule has 1 aromatic carbocycles. The van der Waals surface area contributed by atoms with Gasteiger partial charge in [-0.1, -0.05) is 25.1 Å². The minimum Gasteiger partial charge on any atom is -0.373 e. The summed E-state index contributed by atoms with van der Waals surface area (Å²) in [6.07, 6.45) is 6.17. The van der Waals surface area contributed by atoms with Crippen LogP contribution in [0.5, 0.6) is 0 Å². The Balaban J connectivity index is 1.91. The maximum atomic E-state index is 6.07. The summed E-state index contributed by atoms with van der Waals surface area (Å²) < 4.78 is 6.07. The van der Waals surface area contributed by atoms with Crippen molar-refractivity contribution < 1.29 is 4.74 Å². The van der Waals surface area contributed by atoms with Crippen molar-refractivity contribution in [3.63, 3.8) is 0 Å². The normalized spacial score (nSPS) is 27.5. The van der Waals surface area contributed by atoms with Gasteiger partial charge >= 0.3 is 0 Å². The van der Waals surface area contributed by atoms with E-state index in [0.717, 1.165) is 19.6 Å². The Morgan fingerprint density at radius 1 is 1.26 bits per heavy atom. The van der Waals surface area contributed by atoms with Gasteiger partial charge in [0, 0.05) is 6.61 Å². The predicted molar refractivity (Wildman–Crippen MR) is 78.5 cm³/mol. The first-order valence-corrected chi connectivity index (χ1v) is 7.72. The van der Waals surface area contributed by atoms with Gasteiger partial charge in [0.05, 0.1) is 11.6 Å². The number of hydrogen-bond acceptors (Lipinski definition) is 2. The molecule has 0 amide bonds. The summed E-state index contributed by atoms with van der Waals surface area (Å²) in [6, 6.07) is 7.39. The summed E-state index contributed by atoms with van der Waals surface area (Å²) >= 11 is 0. The molecular weight excluding hydrogens is 234 g/mol. The smallest absolute Gasteiger partial charge is 0.0849 e. The largest absolute Gasteiger partial charge is 0.373 e. The van der Waals surface area contributed by atoms with Gasteiger partial charge in [0.15, 0.2) is 0 Å². The van der Waals surface area contributed by atoms with E-state index in [0.29, 0.717) is 6.04 Å². The van der Waals surface area contributed by atoms with Gasteiger partial charge in [0.2, 0.25) is 0 Å². The molecule has 1 N–H and O–H groups in total. The Morgan fingerprint density at radius 3 is 2.84 bits per heavy atom. The van der Waals surface area contributed by atoms with E-state index >= 15 is 0 Å². The maximum Gasteiger partial charge on any atom is 0.0849 e. The first-order valence-electron chi connectivity index (χ1n) is 7.72. The van der Waals surface area contributed by atoms with Crippen LogP contribution in [0.4, 0.5) is 0 Å². The second kappa shape index (κ2) is 5.26. The fraction of sp³-hybridized carbons (Fsp3) is 0.647. The van der Waals surface area contributed by atoms with Crippen LogP contribution in [0.2, 0.25) is 0 Å². The average molecular weight is 259 g/mol. The van der Waals surface area contributed by atoms with E-state index in [-0.39, 0.29) is 5.60 Å². The van der Waals surface area contributed by atoms with Crippen LogP contribution in [-0.4, -0.2) is 18.8 Å². The average Bonchev–Trinajstić information content (AvgIpc) is 3.04. The minimum absolute atomic E-state index is 0.0388. The van der Waals surface area contributed by atoms with Crippen molar-refractivity contribution in [2.24, 2.45) is 0 Å². The zero-order chi connectivity index (χ0) is 13.3. The molecule has 0 spiro atoms. The van der Waals surface area contributed by atoms with Crippen LogP contribution in [0.1, 0.15) is 55.8 Å². The molecule has 1 heterocycles. The minimum atomic E-state index is -0.0388. The third-order valence-corrected chi connectivity index (χ3v) is 4.72. The SMILES string of the molecule is CCNC(c1ccc2c(c1)CCC2)C1(C)CCCO1. The summed E-state index contributed by atoms with van der Waals surface area (Å²) in [4.78, 5) is 0. The van der Waals surface area contributed by atoms with Crippen LogP contribution in [0.3, 0.4) is 0 Å². The maximum absolute atomic E-state index is 6.07. The molecule has 1 aliphatic carbocycles. The molecule has 1 saturated heterocycles. The third-order valence-electron chi connectivity index (χ3n) is 4.72. The van der Waals surface area contributed by atoms with Gasteiger partial charge in [0.1, 0.15) is 0 Å². The number of ether oxygens (including phenoxy) is 1. The molecule has 2 unspecified atom stereocenters. The lowest BCUT2D eigenvalue weighted by Crippen LogP contribution is -2.41. The summed E-state index contributed by atoms with van der Waals surface area (Å²) in [5.41, 5.74) is 4.48. The highest BCUT2D eigenvalue weighted by Crippen LogP contribution is 2.38. The Labute approximate surface area is 116 Å². The first-order chi connectivity index (χ1) is 9.23. The zero-order valence-electron chi connectivity index (χ0n) is 12.2. The quantitative estimate of drug-likeness (QED) is 0.895. The molecule has 2 aliphatic rings. The Bertz CT molecular complexity index is 449. The standard InChI is InChI=1S/C17H25NO/c1-3-18-16(17(2)10-5-11-19-17)15-9-8-13-6-4-7-14(13)12-15/h8-9,12,16,18H,3-7,10-11H2,1-2H3. The van der Waals surface area contributed by atoms with Crippen LogP contribution in [0.15, 0.2) is 18.2 Å². The van der Waals surface area contributed by atoms with Crippen molar-refractivity contribution >= 4 is 0 Å². The van der Waals surface area contributed by atoms with E-state index in [2.05, 4.69) is 37.4 Å². The van der Waals surface area contributed by atoms with Crippen molar-refractivity contribution in [1.82, 2.24) is 5.32 Å². The number of fused-ring (bicyclic) bond motifs is 1. The fourth-order valence-electron chi connectivity index (χ4n) is 3.69. The molecule has 3 rings (SSSR count). The second-order valence-electron chi connectivity index (χ2n) is 6.14. The van der Waals surface area contributed by atoms with Crippen molar-refractivity contribution in [1.29, 1.82) is 0 Å². The van der Waals surface area contributed by atoms with E-state index in [4.69, 9.17) is 4.74 Å². The van der Waals surface area contributed by atoms with Crippen molar-refractivity contribution in [2.45, 2.75) is 57.6 Å². The van der Waals surface area contributed by atoms with Crippen LogP contribution in [0, 0.1) is 0 Å². The zero-order valence-corrected chi connectivity index (χ0v) is 12.2. The van der Waals surface area contributed by atoms with Crippen molar-refractivity contribution in [3.05, 3.63) is 34.9 Å². The molecule has 2 atom stereocenters. The molecule has 0 bridgehead atoms. The highest BCUT2D eigenvalue weighted by atomic mass is 16.5. The molecule has 2 nitrogen and oxygen atoms in total. The van der Waals surface area contributed by atoms with Gasteiger partial charge in [-0.05, 0) is 62.3 Å². The fourth-order valence-corrected chi connectivity index (χ4v) is 3.69. The van der Waals surface area contributed by atoms with Gasteiger partial charge < -0.3 is 10.1 Å². The van der Waals surface area contributed by atoms with Crippen LogP contribution in [0.25, 0.3) is 0 Å². The lowest BCUT2D eigenvalue weighted by atomic mass is 9.86. The molecule has 2 heteroatoms. The Morgan fingerprint density at radius 2 is 2.11 bits per heavy atom. The van der Waals surface area contributed by atoms with Gasteiger partial charge in [-0.25, -0.2) is 0 Å².